The van der Waals surface area contributed by atoms with Gasteiger partial charge in [-0.05, 0) is 86.6 Å². The number of aryl methyl sites for hydroxylation is 1. The maximum atomic E-state index is 13.3. The molecule has 0 amide bonds. The van der Waals surface area contributed by atoms with E-state index in [-0.39, 0.29) is 5.82 Å². The molecule has 0 saturated carbocycles. The molecule has 4 unspecified atom stereocenters. The van der Waals surface area contributed by atoms with Crippen LogP contribution in [0, 0.1) is 30.5 Å². The molecule has 1 aromatic carbocycles. The average Bonchev–Trinajstić information content (AvgIpc) is 2.87. The molecule has 0 aliphatic rings. The molecule has 0 aromatic heterocycles. The second-order valence-electron chi connectivity index (χ2n) is 9.95. The molecule has 1 rings (SSSR count). The minimum atomic E-state index is -0.103. The molecule has 0 fully saturated rings. The van der Waals surface area contributed by atoms with Gasteiger partial charge in [0.1, 0.15) is 5.82 Å². The molecule has 0 aliphatic heterocycles. The Labute approximate surface area is 226 Å². The van der Waals surface area contributed by atoms with Crippen molar-refractivity contribution in [3.63, 3.8) is 0 Å². The van der Waals surface area contributed by atoms with Gasteiger partial charge in [-0.15, -0.1) is 6.58 Å². The second kappa shape index (κ2) is 26.6. The molecule has 4 N–H and O–H groups in total. The fraction of sp³-hybridized carbons (Fsp3) is 0.697. The van der Waals surface area contributed by atoms with Crippen molar-refractivity contribution in [3.05, 3.63) is 60.0 Å². The number of rotatable bonds is 15. The highest BCUT2D eigenvalue weighted by molar-refractivity contribution is 5.26. The maximum Gasteiger partial charge on any atom is 0.123 e. The first-order chi connectivity index (χ1) is 17.2. The molecule has 36 heavy (non-hydrogen) atoms. The summed E-state index contributed by atoms with van der Waals surface area (Å²) in [5.74, 6) is 2.52. The van der Waals surface area contributed by atoms with Crippen molar-refractivity contribution in [1.29, 1.82) is 0 Å². The highest BCUT2D eigenvalue weighted by atomic mass is 19.1. The molecule has 2 nitrogen and oxygen atoms in total. The van der Waals surface area contributed by atoms with E-state index in [4.69, 9.17) is 5.73 Å². The number of hydrogen-bond acceptors (Lipinski definition) is 2. The number of hydrogen-bond donors (Lipinski definition) is 2. The van der Waals surface area contributed by atoms with Crippen molar-refractivity contribution in [2.45, 2.75) is 119 Å². The van der Waals surface area contributed by atoms with Crippen LogP contribution < -0.4 is 11.5 Å². The van der Waals surface area contributed by atoms with Gasteiger partial charge in [-0.1, -0.05) is 105 Å². The minimum Gasteiger partial charge on any atom is -0.333 e. The quantitative estimate of drug-likeness (QED) is 0.232. The van der Waals surface area contributed by atoms with Crippen molar-refractivity contribution in [1.82, 2.24) is 0 Å². The Morgan fingerprint density at radius 3 is 1.97 bits per heavy atom. The predicted octanol–water partition coefficient (Wildman–Crippen LogP) is 9.97. The summed E-state index contributed by atoms with van der Waals surface area (Å²) in [7, 11) is 1.50. The second-order valence-corrected chi connectivity index (χ2v) is 9.95. The molecule has 0 saturated heterocycles. The van der Waals surface area contributed by atoms with E-state index in [1.54, 1.807) is 12.1 Å². The normalized spacial score (nSPS) is 13.3. The Morgan fingerprint density at radius 2 is 1.50 bits per heavy atom. The van der Waals surface area contributed by atoms with Crippen molar-refractivity contribution in [2.75, 3.05) is 13.6 Å². The molecule has 0 bridgehead atoms. The Bertz CT molecular complexity index is 620. The van der Waals surface area contributed by atoms with Crippen LogP contribution in [0.1, 0.15) is 123 Å². The van der Waals surface area contributed by atoms with Gasteiger partial charge in [-0.25, -0.2) is 4.39 Å². The number of allylic oxidation sites excluding steroid dienone is 1. The fourth-order valence-corrected chi connectivity index (χ4v) is 4.30. The first-order valence-electron chi connectivity index (χ1n) is 14.5. The predicted molar refractivity (Wildman–Crippen MR) is 164 cm³/mol. The van der Waals surface area contributed by atoms with Gasteiger partial charge in [0.25, 0.3) is 0 Å². The average molecular weight is 507 g/mol. The van der Waals surface area contributed by atoms with E-state index >= 15 is 0 Å². The molecule has 212 valence electrons. The molecule has 4 atom stereocenters. The van der Waals surface area contributed by atoms with E-state index in [9.17, 15) is 4.39 Å². The summed E-state index contributed by atoms with van der Waals surface area (Å²) >= 11 is 0. The van der Waals surface area contributed by atoms with Gasteiger partial charge in [-0.2, -0.15) is 0 Å². The van der Waals surface area contributed by atoms with Crippen molar-refractivity contribution >= 4 is 0 Å². The maximum absolute atomic E-state index is 13.3. The summed E-state index contributed by atoms with van der Waals surface area (Å²) in [6.45, 7) is 25.6. The van der Waals surface area contributed by atoms with Gasteiger partial charge in [-0.3, -0.25) is 0 Å². The van der Waals surface area contributed by atoms with Crippen molar-refractivity contribution < 1.29 is 4.39 Å². The molecular weight excluding hydrogens is 443 g/mol. The van der Waals surface area contributed by atoms with E-state index in [1.807, 2.05) is 26.8 Å². The highest BCUT2D eigenvalue weighted by Gasteiger charge is 2.11. The van der Waals surface area contributed by atoms with Crippen LogP contribution in [0.15, 0.2) is 43.0 Å². The van der Waals surface area contributed by atoms with Gasteiger partial charge in [0.05, 0.1) is 0 Å². The molecule has 1 aromatic rings. The third kappa shape index (κ3) is 20.7. The molecule has 3 heteroatoms. The first-order valence-corrected chi connectivity index (χ1v) is 14.5. The topological polar surface area (TPSA) is 52.0 Å². The lowest BCUT2D eigenvalue weighted by molar-refractivity contribution is 0.406. The zero-order valence-corrected chi connectivity index (χ0v) is 25.6. The first kappa shape index (κ1) is 39.1. The van der Waals surface area contributed by atoms with E-state index in [2.05, 4.69) is 59.6 Å². The minimum absolute atomic E-state index is 0.103. The summed E-state index contributed by atoms with van der Waals surface area (Å²) in [6.07, 6.45) is 13.2. The van der Waals surface area contributed by atoms with Crippen molar-refractivity contribution in [2.24, 2.45) is 29.2 Å². The molecule has 0 heterocycles. The van der Waals surface area contributed by atoms with Gasteiger partial charge < -0.3 is 11.5 Å². The lowest BCUT2D eigenvalue weighted by Gasteiger charge is -2.18. The number of halogens is 1. The lowest BCUT2D eigenvalue weighted by atomic mass is 9.88. The van der Waals surface area contributed by atoms with Crippen LogP contribution in [0.5, 0.6) is 0 Å². The van der Waals surface area contributed by atoms with Gasteiger partial charge in [0.2, 0.25) is 0 Å². The van der Waals surface area contributed by atoms with Crippen LogP contribution >= 0.6 is 0 Å². The van der Waals surface area contributed by atoms with E-state index in [0.717, 1.165) is 35.8 Å². The van der Waals surface area contributed by atoms with Crippen LogP contribution in [0.25, 0.3) is 0 Å². The summed E-state index contributed by atoms with van der Waals surface area (Å²) in [4.78, 5) is 0. The summed E-state index contributed by atoms with van der Waals surface area (Å²) in [5.41, 5.74) is 13.4. The smallest absolute Gasteiger partial charge is 0.123 e. The molecule has 0 radical (unpaired) electrons. The SMILES string of the molecule is C=CCC(CCC)CCC(C)C(=C)CN.CC.CCCC(C)CCC(C)c1cc(C)cc(F)c1.CN. The van der Waals surface area contributed by atoms with Crippen LogP contribution in [0.4, 0.5) is 4.39 Å². The Balaban J connectivity index is -0.000000535. The molecule has 0 spiro atoms. The van der Waals surface area contributed by atoms with E-state index < -0.39 is 0 Å². The van der Waals surface area contributed by atoms with Crippen LogP contribution in [-0.4, -0.2) is 13.6 Å². The van der Waals surface area contributed by atoms with E-state index in [0.29, 0.717) is 18.4 Å². The number of nitrogens with two attached hydrogens (primary N) is 2. The molecule has 0 aliphatic carbocycles. The standard InChI is InChI=1S/C16H25F.C14H27N.C2H6.CH5N/c1-5-6-12(2)7-8-14(4)15-9-13(3)10-16(17)11-15;1-5-7-14(8-6-2)10-9-12(3)13(4)11-15;2*1-2/h9-12,14H,5-8H2,1-4H3;5,12,14H,1,4,6-11,15H2,2-3H3;1-2H3;2H2,1H3. The zero-order chi connectivity index (χ0) is 28.5. The fourth-order valence-electron chi connectivity index (χ4n) is 4.30. The summed E-state index contributed by atoms with van der Waals surface area (Å²) in [6, 6.07) is 5.39. The largest absolute Gasteiger partial charge is 0.333 e. The monoisotopic (exact) mass is 506 g/mol. The van der Waals surface area contributed by atoms with Crippen LogP contribution in [-0.2, 0) is 0 Å². The van der Waals surface area contributed by atoms with Crippen molar-refractivity contribution in [3.8, 4) is 0 Å². The third-order valence-electron chi connectivity index (χ3n) is 6.67. The van der Waals surface area contributed by atoms with Crippen LogP contribution in [0.2, 0.25) is 0 Å². The highest BCUT2D eigenvalue weighted by Crippen LogP contribution is 2.26. The van der Waals surface area contributed by atoms with Crippen LogP contribution in [0.3, 0.4) is 0 Å². The van der Waals surface area contributed by atoms with E-state index in [1.165, 1.54) is 57.6 Å². The Kier molecular flexibility index (Phi) is 28.9. The lowest BCUT2D eigenvalue weighted by Crippen LogP contribution is -2.11. The van der Waals surface area contributed by atoms with Gasteiger partial charge in [0, 0.05) is 6.54 Å². The number of benzene rings is 1. The Morgan fingerprint density at radius 1 is 0.917 bits per heavy atom. The van der Waals surface area contributed by atoms with Gasteiger partial charge in [0.15, 0.2) is 0 Å². The zero-order valence-electron chi connectivity index (χ0n) is 25.6. The summed E-state index contributed by atoms with van der Waals surface area (Å²) < 4.78 is 13.3. The van der Waals surface area contributed by atoms with Gasteiger partial charge >= 0.3 is 0 Å². The molecular formula is C33H63FN2. The Hall–Kier alpha value is -1.45. The third-order valence-corrected chi connectivity index (χ3v) is 6.67. The summed E-state index contributed by atoms with van der Waals surface area (Å²) in [5, 5.41) is 0.